The molecule has 5 rings (SSSR count). The van der Waals surface area contributed by atoms with E-state index in [1.807, 2.05) is 30.3 Å². The van der Waals surface area contributed by atoms with Crippen molar-refractivity contribution in [2.24, 2.45) is 0 Å². The number of amides is 1. The van der Waals surface area contributed by atoms with Gasteiger partial charge in [-0.25, -0.2) is 0 Å². The van der Waals surface area contributed by atoms with E-state index in [4.69, 9.17) is 0 Å². The van der Waals surface area contributed by atoms with Gasteiger partial charge in [-0.2, -0.15) is 4.98 Å². The number of likely N-dealkylation sites (tertiary alicyclic amines) is 1. The maximum atomic E-state index is 13.6. The van der Waals surface area contributed by atoms with Crippen molar-refractivity contribution in [2.75, 3.05) is 13.1 Å². The number of carbonyl (C=O) groups excluding carboxylic acids is 1. The lowest BCUT2D eigenvalue weighted by molar-refractivity contribution is 0.0783. The summed E-state index contributed by atoms with van der Waals surface area (Å²) in [6, 6.07) is 18.3. The zero-order chi connectivity index (χ0) is 24.4. The average Bonchev–Trinajstić information content (AvgIpc) is 3.38. The molecule has 6 nitrogen and oxygen atoms in total. The van der Waals surface area contributed by atoms with Crippen molar-refractivity contribution in [3.63, 3.8) is 0 Å². The Labute approximate surface area is 206 Å². The molecule has 35 heavy (non-hydrogen) atoms. The summed E-state index contributed by atoms with van der Waals surface area (Å²) in [7, 11) is 0. The fraction of sp³-hybridized carbons (Fsp3) is 0.414. The summed E-state index contributed by atoms with van der Waals surface area (Å²) in [4.78, 5) is 32.8. The van der Waals surface area contributed by atoms with Crippen LogP contribution in [0, 0.1) is 0 Å². The molecule has 1 saturated heterocycles. The number of rotatable bonds is 6. The van der Waals surface area contributed by atoms with Crippen molar-refractivity contribution >= 4 is 5.91 Å². The summed E-state index contributed by atoms with van der Waals surface area (Å²) >= 11 is 0. The monoisotopic (exact) mass is 471 g/mol. The van der Waals surface area contributed by atoms with E-state index >= 15 is 0 Å². The largest absolute Gasteiger partial charge is 0.494 e. The molecule has 1 aliphatic carbocycles. The second kappa shape index (κ2) is 10.1. The second-order valence-corrected chi connectivity index (χ2v) is 9.76. The van der Waals surface area contributed by atoms with Crippen molar-refractivity contribution < 1.29 is 9.90 Å². The van der Waals surface area contributed by atoms with Crippen molar-refractivity contribution in [3.05, 3.63) is 93.0 Å². The van der Waals surface area contributed by atoms with Crippen LogP contribution in [0.2, 0.25) is 0 Å². The number of hydrogen-bond donors (Lipinski definition) is 1. The van der Waals surface area contributed by atoms with Crippen LogP contribution in [0.25, 0.3) is 0 Å². The van der Waals surface area contributed by atoms with E-state index in [0.717, 1.165) is 44.1 Å². The summed E-state index contributed by atoms with van der Waals surface area (Å²) in [5.74, 6) is 0.145. The lowest BCUT2D eigenvalue weighted by atomic mass is 9.87. The van der Waals surface area contributed by atoms with E-state index in [1.165, 1.54) is 11.1 Å². The van der Waals surface area contributed by atoms with Crippen LogP contribution in [-0.2, 0) is 12.8 Å². The number of benzene rings is 2. The summed E-state index contributed by atoms with van der Waals surface area (Å²) in [5.41, 5.74) is 2.77. The van der Waals surface area contributed by atoms with E-state index in [-0.39, 0.29) is 23.4 Å². The highest BCUT2D eigenvalue weighted by Gasteiger charge is 2.34. The van der Waals surface area contributed by atoms with Crippen molar-refractivity contribution in [2.45, 2.75) is 63.8 Å². The van der Waals surface area contributed by atoms with Gasteiger partial charge in [0.05, 0.1) is 6.04 Å². The maximum Gasteiger partial charge on any atom is 0.289 e. The number of nitrogens with zero attached hydrogens (tertiary/aromatic N) is 3. The normalized spacial score (nSPS) is 19.5. The number of unbranched alkanes of at least 4 members (excludes halogenated alkanes) is 1. The van der Waals surface area contributed by atoms with E-state index in [9.17, 15) is 14.7 Å². The first-order chi connectivity index (χ1) is 17.1. The van der Waals surface area contributed by atoms with E-state index in [0.29, 0.717) is 25.3 Å². The van der Waals surface area contributed by atoms with Crippen LogP contribution in [0.3, 0.4) is 0 Å². The molecule has 6 heteroatoms. The number of carbonyl (C=O) groups is 1. The fourth-order valence-corrected chi connectivity index (χ4v) is 5.69. The van der Waals surface area contributed by atoms with Gasteiger partial charge < -0.3 is 10.0 Å². The van der Waals surface area contributed by atoms with Crippen LogP contribution in [0.1, 0.15) is 83.9 Å². The van der Waals surface area contributed by atoms with Gasteiger partial charge >= 0.3 is 0 Å². The van der Waals surface area contributed by atoms with Crippen molar-refractivity contribution in [3.8, 4) is 5.88 Å². The summed E-state index contributed by atoms with van der Waals surface area (Å²) in [6.45, 7) is 3.18. The SMILES string of the molecule is CCCCc1nc(=O)c(C(=O)N2CC[C@@H](c3ccccc3)C2)c(O)n1C1CCCc2ccccc21. The number of aromatic hydroxyl groups is 1. The lowest BCUT2D eigenvalue weighted by Crippen LogP contribution is -2.36. The van der Waals surface area contributed by atoms with Crippen molar-refractivity contribution in [1.82, 2.24) is 14.5 Å². The predicted octanol–water partition coefficient (Wildman–Crippen LogP) is 4.85. The molecule has 0 spiro atoms. The first kappa shape index (κ1) is 23.3. The minimum Gasteiger partial charge on any atom is -0.494 e. The zero-order valence-electron chi connectivity index (χ0n) is 20.3. The highest BCUT2D eigenvalue weighted by molar-refractivity contribution is 5.96. The molecule has 3 aromatic rings. The molecule has 182 valence electrons. The standard InChI is InChI=1S/C29H33N3O3/c1-2-3-16-25-30-27(33)26(28(34)31-18-17-22(19-31)20-10-5-4-6-11-20)29(35)32(25)24-15-9-13-21-12-7-8-14-23(21)24/h4-8,10-12,14,22,24,35H,2-3,9,13,15-19H2,1H3/t22-,24?/m1/s1. The molecule has 2 atom stereocenters. The van der Waals surface area contributed by atoms with Crippen LogP contribution in [-0.4, -0.2) is 38.6 Å². The summed E-state index contributed by atoms with van der Waals surface area (Å²) in [6.07, 6.45) is 6.04. The molecule has 2 aromatic carbocycles. The molecule has 2 aliphatic rings. The third-order valence-corrected chi connectivity index (χ3v) is 7.54. The number of hydrogen-bond acceptors (Lipinski definition) is 4. The molecule has 1 aliphatic heterocycles. The van der Waals surface area contributed by atoms with Crippen LogP contribution in [0.15, 0.2) is 59.4 Å². The van der Waals surface area contributed by atoms with Gasteiger partial charge in [-0.3, -0.25) is 14.2 Å². The smallest absolute Gasteiger partial charge is 0.289 e. The van der Waals surface area contributed by atoms with Gasteiger partial charge in [0.1, 0.15) is 5.82 Å². The molecule has 0 radical (unpaired) electrons. The number of fused-ring (bicyclic) bond motifs is 1. The van der Waals surface area contributed by atoms with Crippen molar-refractivity contribution in [1.29, 1.82) is 0 Å². The van der Waals surface area contributed by atoms with Gasteiger partial charge in [-0.1, -0.05) is 67.9 Å². The molecule has 1 fully saturated rings. The minimum atomic E-state index is -0.623. The van der Waals surface area contributed by atoms with Gasteiger partial charge in [0, 0.05) is 25.4 Å². The fourth-order valence-electron chi connectivity index (χ4n) is 5.69. The number of aryl methyl sites for hydroxylation is 2. The Morgan fingerprint density at radius 1 is 1.09 bits per heavy atom. The highest BCUT2D eigenvalue weighted by Crippen LogP contribution is 2.37. The highest BCUT2D eigenvalue weighted by atomic mass is 16.3. The van der Waals surface area contributed by atoms with Crippen LogP contribution in [0.5, 0.6) is 5.88 Å². The van der Waals surface area contributed by atoms with E-state index < -0.39 is 11.5 Å². The van der Waals surface area contributed by atoms with Gasteiger partial charge in [0.2, 0.25) is 5.88 Å². The Morgan fingerprint density at radius 3 is 2.66 bits per heavy atom. The third-order valence-electron chi connectivity index (χ3n) is 7.54. The average molecular weight is 472 g/mol. The Balaban J connectivity index is 1.53. The summed E-state index contributed by atoms with van der Waals surface area (Å²) in [5, 5.41) is 11.5. The second-order valence-electron chi connectivity index (χ2n) is 9.76. The Hall–Kier alpha value is -3.41. The molecule has 1 N–H and O–H groups in total. The van der Waals surface area contributed by atoms with Gasteiger partial charge in [0.15, 0.2) is 5.56 Å². The molecule has 0 saturated carbocycles. The van der Waals surface area contributed by atoms with Crippen LogP contribution < -0.4 is 5.56 Å². The molecule has 0 bridgehead atoms. The molecule has 1 unspecified atom stereocenters. The topological polar surface area (TPSA) is 75.4 Å². The first-order valence-corrected chi connectivity index (χ1v) is 12.8. The molecular formula is C29H33N3O3. The van der Waals surface area contributed by atoms with E-state index in [1.54, 1.807) is 9.47 Å². The van der Waals surface area contributed by atoms with E-state index in [2.05, 4.69) is 36.2 Å². The Kier molecular flexibility index (Phi) is 6.71. The molecule has 2 heterocycles. The quantitative estimate of drug-likeness (QED) is 0.558. The lowest BCUT2D eigenvalue weighted by Gasteiger charge is -2.31. The molecule has 1 amide bonds. The third kappa shape index (κ3) is 4.49. The Morgan fingerprint density at radius 2 is 1.86 bits per heavy atom. The van der Waals surface area contributed by atoms with Gasteiger partial charge in [0.25, 0.3) is 11.5 Å². The molecule has 1 aromatic heterocycles. The predicted molar refractivity (Wildman–Crippen MR) is 136 cm³/mol. The minimum absolute atomic E-state index is 0.137. The van der Waals surface area contributed by atoms with Crippen LogP contribution in [0.4, 0.5) is 0 Å². The first-order valence-electron chi connectivity index (χ1n) is 12.8. The van der Waals surface area contributed by atoms with Crippen LogP contribution >= 0.6 is 0 Å². The maximum absolute atomic E-state index is 13.6. The van der Waals surface area contributed by atoms with Gasteiger partial charge in [-0.05, 0) is 48.8 Å². The number of aromatic nitrogens is 2. The Bertz CT molecular complexity index is 1270. The zero-order valence-corrected chi connectivity index (χ0v) is 20.3. The molecular weight excluding hydrogens is 438 g/mol. The van der Waals surface area contributed by atoms with Gasteiger partial charge in [-0.15, -0.1) is 0 Å². The summed E-state index contributed by atoms with van der Waals surface area (Å²) < 4.78 is 1.78.